The number of aromatic nitrogens is 2. The molecule has 0 spiro atoms. The summed E-state index contributed by atoms with van der Waals surface area (Å²) in [6, 6.07) is 8.04. The lowest BCUT2D eigenvalue weighted by Gasteiger charge is -2.35. The molecule has 1 aromatic carbocycles. The van der Waals surface area contributed by atoms with Gasteiger partial charge >= 0.3 is 0 Å². The van der Waals surface area contributed by atoms with Gasteiger partial charge in [-0.2, -0.15) is 0 Å². The third-order valence-electron chi connectivity index (χ3n) is 4.31. The third kappa shape index (κ3) is 3.55. The highest BCUT2D eigenvalue weighted by Gasteiger charge is 2.23. The number of carbonyl (C=O) groups is 1. The quantitative estimate of drug-likeness (QED) is 0.852. The van der Waals surface area contributed by atoms with Gasteiger partial charge in [0.25, 0.3) is 5.91 Å². The molecule has 0 atom stereocenters. The summed E-state index contributed by atoms with van der Waals surface area (Å²) in [4.78, 5) is 25.7. The first kappa shape index (κ1) is 16.4. The topological polar surface area (TPSA) is 49.3 Å². The second-order valence-corrected chi connectivity index (χ2v) is 6.57. The SMILES string of the molecule is Cc1cc(C)cc(C(=O)N2CCN(c3cc(C)nc(C)n3)CC2)c1. The van der Waals surface area contributed by atoms with Crippen LogP contribution in [0.5, 0.6) is 0 Å². The Morgan fingerprint density at radius 2 is 1.50 bits per heavy atom. The van der Waals surface area contributed by atoms with Crippen LogP contribution >= 0.6 is 0 Å². The molecule has 1 amide bonds. The third-order valence-corrected chi connectivity index (χ3v) is 4.31. The molecule has 1 saturated heterocycles. The van der Waals surface area contributed by atoms with E-state index in [1.807, 2.05) is 50.8 Å². The highest BCUT2D eigenvalue weighted by molar-refractivity contribution is 5.94. The monoisotopic (exact) mass is 324 g/mol. The van der Waals surface area contributed by atoms with Crippen molar-refractivity contribution in [2.45, 2.75) is 27.7 Å². The fraction of sp³-hybridized carbons (Fsp3) is 0.421. The summed E-state index contributed by atoms with van der Waals surface area (Å²) in [6.45, 7) is 11.0. The van der Waals surface area contributed by atoms with E-state index in [2.05, 4.69) is 20.9 Å². The van der Waals surface area contributed by atoms with Crippen molar-refractivity contribution in [3.05, 3.63) is 52.5 Å². The van der Waals surface area contributed by atoms with Crippen LogP contribution in [0.4, 0.5) is 5.82 Å². The van der Waals surface area contributed by atoms with Crippen molar-refractivity contribution >= 4 is 11.7 Å². The lowest BCUT2D eigenvalue weighted by atomic mass is 10.1. The normalized spacial score (nSPS) is 14.8. The first-order chi connectivity index (χ1) is 11.4. The maximum absolute atomic E-state index is 12.7. The van der Waals surface area contributed by atoms with Gasteiger partial charge in [0.1, 0.15) is 11.6 Å². The van der Waals surface area contributed by atoms with Crippen LogP contribution in [0.2, 0.25) is 0 Å². The van der Waals surface area contributed by atoms with Crippen molar-refractivity contribution < 1.29 is 4.79 Å². The Bertz CT molecular complexity index is 723. The van der Waals surface area contributed by atoms with E-state index in [1.54, 1.807) is 0 Å². The number of amides is 1. The van der Waals surface area contributed by atoms with Gasteiger partial charge in [-0.05, 0) is 39.8 Å². The molecule has 0 unspecified atom stereocenters. The van der Waals surface area contributed by atoms with Crippen molar-refractivity contribution in [2.75, 3.05) is 31.1 Å². The second kappa shape index (κ2) is 6.59. The zero-order chi connectivity index (χ0) is 17.3. The first-order valence-electron chi connectivity index (χ1n) is 8.37. The molecule has 1 aromatic heterocycles. The molecule has 0 aliphatic carbocycles. The van der Waals surface area contributed by atoms with Crippen molar-refractivity contribution in [1.29, 1.82) is 0 Å². The van der Waals surface area contributed by atoms with Crippen molar-refractivity contribution in [3.8, 4) is 0 Å². The van der Waals surface area contributed by atoms with E-state index >= 15 is 0 Å². The number of aryl methyl sites for hydroxylation is 4. The van der Waals surface area contributed by atoms with Crippen LogP contribution < -0.4 is 4.90 Å². The summed E-state index contributed by atoms with van der Waals surface area (Å²) in [5, 5.41) is 0. The van der Waals surface area contributed by atoms with E-state index in [0.717, 1.165) is 47.1 Å². The summed E-state index contributed by atoms with van der Waals surface area (Å²) in [6.07, 6.45) is 0. The Balaban J connectivity index is 1.69. The van der Waals surface area contributed by atoms with Crippen LogP contribution in [0.25, 0.3) is 0 Å². The summed E-state index contributed by atoms with van der Waals surface area (Å²) in [5.41, 5.74) is 4.02. The van der Waals surface area contributed by atoms with E-state index < -0.39 is 0 Å². The first-order valence-corrected chi connectivity index (χ1v) is 8.37. The van der Waals surface area contributed by atoms with E-state index in [0.29, 0.717) is 13.1 Å². The van der Waals surface area contributed by atoms with Crippen molar-refractivity contribution in [2.24, 2.45) is 0 Å². The minimum absolute atomic E-state index is 0.122. The van der Waals surface area contributed by atoms with E-state index in [9.17, 15) is 4.79 Å². The number of nitrogens with zero attached hydrogens (tertiary/aromatic N) is 4. The van der Waals surface area contributed by atoms with Crippen molar-refractivity contribution in [1.82, 2.24) is 14.9 Å². The maximum Gasteiger partial charge on any atom is 0.253 e. The van der Waals surface area contributed by atoms with Crippen LogP contribution in [0, 0.1) is 27.7 Å². The molecule has 24 heavy (non-hydrogen) atoms. The number of piperazine rings is 1. The number of rotatable bonds is 2. The molecule has 0 bridgehead atoms. The number of benzene rings is 1. The van der Waals surface area contributed by atoms with Gasteiger partial charge < -0.3 is 9.80 Å². The lowest BCUT2D eigenvalue weighted by Crippen LogP contribution is -2.49. The van der Waals surface area contributed by atoms with Gasteiger partial charge in [-0.15, -0.1) is 0 Å². The molecule has 1 aliphatic rings. The summed E-state index contributed by atoms with van der Waals surface area (Å²) >= 11 is 0. The van der Waals surface area contributed by atoms with Gasteiger partial charge in [0.2, 0.25) is 0 Å². The van der Waals surface area contributed by atoms with E-state index in [4.69, 9.17) is 0 Å². The Labute approximate surface area is 143 Å². The average molecular weight is 324 g/mol. The minimum Gasteiger partial charge on any atom is -0.353 e. The molecule has 1 fully saturated rings. The summed E-state index contributed by atoms with van der Waals surface area (Å²) in [7, 11) is 0. The Morgan fingerprint density at radius 1 is 0.875 bits per heavy atom. The Hall–Kier alpha value is -2.43. The van der Waals surface area contributed by atoms with Gasteiger partial charge in [0.15, 0.2) is 0 Å². The number of anilines is 1. The van der Waals surface area contributed by atoms with Gasteiger partial charge in [0, 0.05) is 43.5 Å². The molecule has 0 N–H and O–H groups in total. The number of hydrogen-bond acceptors (Lipinski definition) is 4. The zero-order valence-electron chi connectivity index (χ0n) is 14.8. The fourth-order valence-corrected chi connectivity index (χ4v) is 3.28. The second-order valence-electron chi connectivity index (χ2n) is 6.57. The predicted molar refractivity (Wildman–Crippen MR) is 95.5 cm³/mol. The molecule has 0 saturated carbocycles. The standard InChI is InChI=1S/C19H24N4O/c1-13-9-14(2)11-17(10-13)19(24)23-7-5-22(6-8-23)18-12-15(3)20-16(4)21-18/h9-12H,5-8H2,1-4H3. The van der Waals surface area contributed by atoms with Crippen LogP contribution in [0.1, 0.15) is 33.0 Å². The van der Waals surface area contributed by atoms with E-state index in [-0.39, 0.29) is 5.91 Å². The molecular weight excluding hydrogens is 300 g/mol. The van der Waals surface area contributed by atoms with Gasteiger partial charge in [-0.1, -0.05) is 17.2 Å². The fourth-order valence-electron chi connectivity index (χ4n) is 3.28. The van der Waals surface area contributed by atoms with Crippen LogP contribution in [-0.2, 0) is 0 Å². The molecule has 2 heterocycles. The van der Waals surface area contributed by atoms with Gasteiger partial charge in [0.05, 0.1) is 0 Å². The van der Waals surface area contributed by atoms with Gasteiger partial charge in [-0.25, -0.2) is 9.97 Å². The Morgan fingerprint density at radius 3 is 2.08 bits per heavy atom. The predicted octanol–water partition coefficient (Wildman–Crippen LogP) is 2.67. The molecule has 126 valence electrons. The minimum atomic E-state index is 0.122. The maximum atomic E-state index is 12.7. The molecule has 5 heteroatoms. The summed E-state index contributed by atoms with van der Waals surface area (Å²) in [5.74, 6) is 1.87. The molecular formula is C19H24N4O. The highest BCUT2D eigenvalue weighted by Crippen LogP contribution is 2.17. The molecule has 0 radical (unpaired) electrons. The molecule has 3 rings (SSSR count). The zero-order valence-corrected chi connectivity index (χ0v) is 14.8. The smallest absolute Gasteiger partial charge is 0.253 e. The van der Waals surface area contributed by atoms with Crippen LogP contribution in [0.15, 0.2) is 24.3 Å². The van der Waals surface area contributed by atoms with Crippen LogP contribution in [-0.4, -0.2) is 47.0 Å². The highest BCUT2D eigenvalue weighted by atomic mass is 16.2. The van der Waals surface area contributed by atoms with Crippen molar-refractivity contribution in [3.63, 3.8) is 0 Å². The molecule has 5 nitrogen and oxygen atoms in total. The summed E-state index contributed by atoms with van der Waals surface area (Å²) < 4.78 is 0. The average Bonchev–Trinajstić information content (AvgIpc) is 2.52. The van der Waals surface area contributed by atoms with Crippen LogP contribution in [0.3, 0.4) is 0 Å². The molecule has 2 aromatic rings. The lowest BCUT2D eigenvalue weighted by molar-refractivity contribution is 0.0746. The van der Waals surface area contributed by atoms with Gasteiger partial charge in [-0.3, -0.25) is 4.79 Å². The Kier molecular flexibility index (Phi) is 4.51. The number of hydrogen-bond donors (Lipinski definition) is 0. The number of carbonyl (C=O) groups excluding carboxylic acids is 1. The molecule has 1 aliphatic heterocycles. The van der Waals surface area contributed by atoms with E-state index in [1.165, 1.54) is 0 Å². The largest absolute Gasteiger partial charge is 0.353 e.